The Labute approximate surface area is 128 Å². The zero-order valence-electron chi connectivity index (χ0n) is 12.5. The molecule has 1 amide bonds. The van der Waals surface area contributed by atoms with Gasteiger partial charge in [0.2, 0.25) is 5.91 Å². The Morgan fingerprint density at radius 2 is 1.85 bits per heavy atom. The van der Waals surface area contributed by atoms with E-state index in [1.807, 2.05) is 0 Å². The molecule has 2 aliphatic carbocycles. The van der Waals surface area contributed by atoms with E-state index in [-0.39, 0.29) is 0 Å². The lowest BCUT2D eigenvalue weighted by atomic mass is 9.67. The number of carbonyl (C=O) groups is 1. The molecule has 0 spiro atoms. The van der Waals surface area contributed by atoms with Gasteiger partial charge >= 0.3 is 0 Å². The summed E-state index contributed by atoms with van der Waals surface area (Å²) < 4.78 is 0. The molecule has 1 saturated heterocycles. The fourth-order valence-corrected chi connectivity index (χ4v) is 5.09. The first-order chi connectivity index (χ1) is 9.78. The van der Waals surface area contributed by atoms with E-state index >= 15 is 0 Å². The molecule has 1 heterocycles. The molecular formula is C17H28ClNO. The van der Waals surface area contributed by atoms with Crippen molar-refractivity contribution in [2.45, 2.75) is 57.8 Å². The van der Waals surface area contributed by atoms with Crippen molar-refractivity contribution >= 4 is 17.5 Å². The van der Waals surface area contributed by atoms with Crippen LogP contribution in [0.5, 0.6) is 0 Å². The third kappa shape index (κ3) is 3.16. The van der Waals surface area contributed by atoms with E-state index in [2.05, 4.69) is 4.90 Å². The Hall–Kier alpha value is -0.240. The average molecular weight is 298 g/mol. The molecule has 20 heavy (non-hydrogen) atoms. The normalized spacial score (nSPS) is 37.8. The van der Waals surface area contributed by atoms with Crippen molar-refractivity contribution in [1.29, 1.82) is 0 Å². The molecule has 2 saturated carbocycles. The Morgan fingerprint density at radius 1 is 1.05 bits per heavy atom. The molecule has 3 rings (SSSR count). The molecule has 3 aliphatic rings. The highest BCUT2D eigenvalue weighted by Crippen LogP contribution is 2.43. The van der Waals surface area contributed by atoms with Crippen LogP contribution in [0.15, 0.2) is 0 Å². The first-order valence-electron chi connectivity index (χ1n) is 8.62. The number of fused-ring (bicyclic) bond motifs is 1. The van der Waals surface area contributed by atoms with E-state index in [1.165, 1.54) is 38.5 Å². The van der Waals surface area contributed by atoms with Crippen LogP contribution in [0.4, 0.5) is 0 Å². The van der Waals surface area contributed by atoms with Gasteiger partial charge in [-0.25, -0.2) is 0 Å². The van der Waals surface area contributed by atoms with Crippen molar-refractivity contribution in [2.75, 3.05) is 19.0 Å². The van der Waals surface area contributed by atoms with Crippen molar-refractivity contribution in [3.05, 3.63) is 0 Å². The van der Waals surface area contributed by atoms with Gasteiger partial charge in [0.05, 0.1) is 0 Å². The number of amides is 1. The van der Waals surface area contributed by atoms with Gasteiger partial charge in [-0.15, -0.1) is 11.6 Å². The highest BCUT2D eigenvalue weighted by Gasteiger charge is 2.37. The first kappa shape index (κ1) is 14.7. The summed E-state index contributed by atoms with van der Waals surface area (Å²) in [5.41, 5.74) is 0. The minimum atomic E-state index is 0.337. The van der Waals surface area contributed by atoms with E-state index in [0.717, 1.165) is 50.1 Å². The summed E-state index contributed by atoms with van der Waals surface area (Å²) in [6.07, 6.45) is 11.5. The summed E-state index contributed by atoms with van der Waals surface area (Å²) in [4.78, 5) is 14.9. The Kier molecular flexibility index (Phi) is 4.91. The second-order valence-corrected chi connectivity index (χ2v) is 7.61. The lowest BCUT2D eigenvalue weighted by Crippen LogP contribution is -2.39. The third-order valence-electron chi connectivity index (χ3n) is 6.00. The van der Waals surface area contributed by atoms with E-state index in [1.54, 1.807) is 0 Å². The molecule has 4 atom stereocenters. The van der Waals surface area contributed by atoms with Gasteiger partial charge in [0.25, 0.3) is 0 Å². The van der Waals surface area contributed by atoms with E-state index < -0.39 is 0 Å². The predicted octanol–water partition coefficient (Wildman–Crippen LogP) is 4.07. The fourth-order valence-electron chi connectivity index (χ4n) is 4.78. The number of hydrogen-bond acceptors (Lipinski definition) is 1. The van der Waals surface area contributed by atoms with Crippen LogP contribution in [0.1, 0.15) is 57.8 Å². The van der Waals surface area contributed by atoms with Gasteiger partial charge in [-0.2, -0.15) is 0 Å². The smallest absolute Gasteiger partial charge is 0.225 e. The molecule has 0 aromatic heterocycles. The van der Waals surface area contributed by atoms with Crippen LogP contribution >= 0.6 is 11.6 Å². The van der Waals surface area contributed by atoms with Gasteiger partial charge in [-0.3, -0.25) is 4.79 Å². The van der Waals surface area contributed by atoms with E-state index in [0.29, 0.717) is 17.7 Å². The van der Waals surface area contributed by atoms with Gasteiger partial charge < -0.3 is 4.90 Å². The Bertz CT molecular complexity index is 346. The van der Waals surface area contributed by atoms with Gasteiger partial charge in [0, 0.05) is 24.9 Å². The monoisotopic (exact) mass is 297 g/mol. The predicted molar refractivity (Wildman–Crippen MR) is 82.8 cm³/mol. The zero-order chi connectivity index (χ0) is 13.9. The molecule has 4 unspecified atom stereocenters. The number of nitrogens with zero attached hydrogens (tertiary/aromatic N) is 1. The molecule has 3 heteroatoms. The molecule has 0 N–H and O–H groups in total. The van der Waals surface area contributed by atoms with Gasteiger partial charge in [-0.05, 0) is 49.9 Å². The van der Waals surface area contributed by atoms with E-state index in [9.17, 15) is 4.79 Å². The second kappa shape index (κ2) is 6.68. The van der Waals surface area contributed by atoms with Crippen LogP contribution in [-0.2, 0) is 4.79 Å². The van der Waals surface area contributed by atoms with Crippen molar-refractivity contribution < 1.29 is 4.79 Å². The van der Waals surface area contributed by atoms with Crippen molar-refractivity contribution in [1.82, 2.24) is 4.90 Å². The molecule has 2 nitrogen and oxygen atoms in total. The second-order valence-electron chi connectivity index (χ2n) is 7.23. The molecular weight excluding hydrogens is 270 g/mol. The van der Waals surface area contributed by atoms with Crippen LogP contribution in [0.2, 0.25) is 0 Å². The van der Waals surface area contributed by atoms with Gasteiger partial charge in [-0.1, -0.05) is 25.7 Å². The summed E-state index contributed by atoms with van der Waals surface area (Å²) in [5.74, 6) is 3.99. The maximum Gasteiger partial charge on any atom is 0.225 e. The highest BCUT2D eigenvalue weighted by molar-refractivity contribution is 6.17. The third-order valence-corrected chi connectivity index (χ3v) is 6.22. The molecule has 114 valence electrons. The van der Waals surface area contributed by atoms with Crippen molar-refractivity contribution in [2.24, 2.45) is 23.7 Å². The number of hydrogen-bond donors (Lipinski definition) is 0. The number of alkyl halides is 1. The summed E-state index contributed by atoms with van der Waals surface area (Å²) in [7, 11) is 0. The number of likely N-dealkylation sites (tertiary alicyclic amines) is 1. The zero-order valence-corrected chi connectivity index (χ0v) is 13.3. The molecule has 0 aromatic rings. The number of carbonyl (C=O) groups excluding carboxylic acids is 1. The van der Waals surface area contributed by atoms with Crippen LogP contribution in [0.25, 0.3) is 0 Å². The maximum atomic E-state index is 12.7. The van der Waals surface area contributed by atoms with Crippen LogP contribution in [-0.4, -0.2) is 29.8 Å². The minimum Gasteiger partial charge on any atom is -0.342 e. The van der Waals surface area contributed by atoms with Crippen LogP contribution in [0.3, 0.4) is 0 Å². The van der Waals surface area contributed by atoms with Crippen molar-refractivity contribution in [3.63, 3.8) is 0 Å². The SMILES string of the molecule is O=C(C1CCC2CCCCC2C1)N1CCC(CCCl)C1. The molecule has 3 fully saturated rings. The summed E-state index contributed by atoms with van der Waals surface area (Å²) in [6, 6.07) is 0. The highest BCUT2D eigenvalue weighted by atomic mass is 35.5. The first-order valence-corrected chi connectivity index (χ1v) is 9.16. The topological polar surface area (TPSA) is 20.3 Å². The quantitative estimate of drug-likeness (QED) is 0.719. The molecule has 1 aliphatic heterocycles. The van der Waals surface area contributed by atoms with Crippen LogP contribution in [0, 0.1) is 23.7 Å². The Balaban J connectivity index is 1.53. The van der Waals surface area contributed by atoms with Crippen LogP contribution < -0.4 is 0 Å². The lowest BCUT2D eigenvalue weighted by Gasteiger charge is -2.39. The standard InChI is InChI=1S/C17H28ClNO/c18-9-7-13-8-10-19(12-13)17(20)16-6-5-14-3-1-2-4-15(14)11-16/h13-16H,1-12H2. The molecule has 0 aromatic carbocycles. The fraction of sp³-hybridized carbons (Fsp3) is 0.941. The Morgan fingerprint density at radius 3 is 2.65 bits per heavy atom. The number of halogens is 1. The molecule has 0 radical (unpaired) electrons. The summed E-state index contributed by atoms with van der Waals surface area (Å²) in [5, 5.41) is 0. The van der Waals surface area contributed by atoms with Gasteiger partial charge in [0.15, 0.2) is 0 Å². The summed E-state index contributed by atoms with van der Waals surface area (Å²) >= 11 is 5.83. The van der Waals surface area contributed by atoms with Gasteiger partial charge in [0.1, 0.15) is 0 Å². The van der Waals surface area contributed by atoms with Crippen molar-refractivity contribution in [3.8, 4) is 0 Å². The molecule has 0 bridgehead atoms. The van der Waals surface area contributed by atoms with E-state index in [4.69, 9.17) is 11.6 Å². The average Bonchev–Trinajstić information content (AvgIpc) is 2.95. The minimum absolute atomic E-state index is 0.337. The summed E-state index contributed by atoms with van der Waals surface area (Å²) in [6.45, 7) is 1.95. The lowest BCUT2D eigenvalue weighted by molar-refractivity contribution is -0.137. The largest absolute Gasteiger partial charge is 0.342 e. The maximum absolute atomic E-state index is 12.7. The number of rotatable bonds is 3.